The van der Waals surface area contributed by atoms with Crippen molar-refractivity contribution in [2.24, 2.45) is 5.10 Å². The lowest BCUT2D eigenvalue weighted by Gasteiger charge is -2.05. The van der Waals surface area contributed by atoms with E-state index in [1.165, 1.54) is 0 Å². The summed E-state index contributed by atoms with van der Waals surface area (Å²) >= 11 is 0. The van der Waals surface area contributed by atoms with Gasteiger partial charge in [-0.05, 0) is 30.2 Å². The summed E-state index contributed by atoms with van der Waals surface area (Å²) in [6, 6.07) is 29.1. The SMILES string of the molecule is CC(/C=N/NC(=O)c1nc(-c2ccccc2)n(-c2ccccc2)n1)=C\c1ccccc1. The summed E-state index contributed by atoms with van der Waals surface area (Å²) in [5.74, 6) is 0.154. The first-order chi connectivity index (χ1) is 15.2. The van der Waals surface area contributed by atoms with Gasteiger partial charge in [-0.2, -0.15) is 5.10 Å². The van der Waals surface area contributed by atoms with E-state index in [1.54, 1.807) is 10.9 Å². The van der Waals surface area contributed by atoms with Crippen molar-refractivity contribution in [3.63, 3.8) is 0 Å². The zero-order chi connectivity index (χ0) is 21.5. The lowest BCUT2D eigenvalue weighted by atomic mass is 10.1. The minimum atomic E-state index is -0.476. The third-order valence-corrected chi connectivity index (χ3v) is 4.47. The minimum Gasteiger partial charge on any atom is -0.264 e. The van der Waals surface area contributed by atoms with Crippen LogP contribution in [0.2, 0.25) is 0 Å². The van der Waals surface area contributed by atoms with Crippen LogP contribution in [-0.4, -0.2) is 26.9 Å². The van der Waals surface area contributed by atoms with Gasteiger partial charge in [0, 0.05) is 5.56 Å². The number of rotatable bonds is 6. The Hall–Kier alpha value is -4.32. The molecule has 6 heteroatoms. The van der Waals surface area contributed by atoms with E-state index in [9.17, 15) is 4.79 Å². The molecule has 0 unspecified atom stereocenters. The van der Waals surface area contributed by atoms with Gasteiger partial charge in [-0.3, -0.25) is 4.79 Å². The van der Waals surface area contributed by atoms with Crippen LogP contribution in [0.15, 0.2) is 102 Å². The summed E-state index contributed by atoms with van der Waals surface area (Å²) in [5.41, 5.74) is 6.16. The van der Waals surface area contributed by atoms with E-state index in [2.05, 4.69) is 20.6 Å². The second-order valence-corrected chi connectivity index (χ2v) is 6.87. The van der Waals surface area contributed by atoms with Gasteiger partial charge < -0.3 is 0 Å². The molecule has 6 nitrogen and oxygen atoms in total. The molecule has 0 aliphatic rings. The summed E-state index contributed by atoms with van der Waals surface area (Å²) in [4.78, 5) is 17.1. The number of carbonyl (C=O) groups is 1. The Morgan fingerprint density at radius 2 is 1.52 bits per heavy atom. The van der Waals surface area contributed by atoms with E-state index in [-0.39, 0.29) is 5.82 Å². The highest BCUT2D eigenvalue weighted by atomic mass is 16.2. The van der Waals surface area contributed by atoms with Crippen LogP contribution < -0.4 is 5.43 Å². The molecule has 0 atom stereocenters. The smallest absolute Gasteiger partial charge is 0.264 e. The highest BCUT2D eigenvalue weighted by molar-refractivity contribution is 5.92. The molecule has 1 aromatic heterocycles. The first-order valence-corrected chi connectivity index (χ1v) is 9.85. The second-order valence-electron chi connectivity index (χ2n) is 6.87. The van der Waals surface area contributed by atoms with Crippen molar-refractivity contribution in [2.45, 2.75) is 6.92 Å². The van der Waals surface area contributed by atoms with Crippen LogP contribution in [0.1, 0.15) is 23.1 Å². The van der Waals surface area contributed by atoms with Crippen LogP contribution in [-0.2, 0) is 0 Å². The van der Waals surface area contributed by atoms with E-state index in [1.807, 2.05) is 104 Å². The number of hydrogen-bond donors (Lipinski definition) is 1. The quantitative estimate of drug-likeness (QED) is 0.370. The van der Waals surface area contributed by atoms with Gasteiger partial charge in [0.05, 0.1) is 11.9 Å². The van der Waals surface area contributed by atoms with Crippen molar-refractivity contribution in [1.82, 2.24) is 20.2 Å². The number of hydrogen-bond acceptors (Lipinski definition) is 4. The first kappa shape index (κ1) is 20.0. The van der Waals surface area contributed by atoms with Gasteiger partial charge in [-0.1, -0.05) is 84.9 Å². The Labute approximate surface area is 180 Å². The largest absolute Gasteiger partial charge is 0.311 e. The number of para-hydroxylation sites is 1. The highest BCUT2D eigenvalue weighted by Gasteiger charge is 2.18. The molecule has 0 saturated heterocycles. The molecule has 152 valence electrons. The Kier molecular flexibility index (Phi) is 6.09. The van der Waals surface area contributed by atoms with Crippen molar-refractivity contribution in [3.05, 3.63) is 108 Å². The topological polar surface area (TPSA) is 72.2 Å². The summed E-state index contributed by atoms with van der Waals surface area (Å²) in [5, 5.41) is 8.47. The number of nitrogens with zero attached hydrogens (tertiary/aromatic N) is 4. The first-order valence-electron chi connectivity index (χ1n) is 9.85. The second kappa shape index (κ2) is 9.45. The standard InChI is InChI=1S/C25H21N5O/c1-19(17-20-11-5-2-6-12-20)18-26-28-25(31)23-27-24(21-13-7-3-8-14-21)30(29-23)22-15-9-4-10-16-22/h2-18H,1H3,(H,28,31)/b19-17+,26-18+. The van der Waals surface area contributed by atoms with E-state index < -0.39 is 5.91 Å². The van der Waals surface area contributed by atoms with Gasteiger partial charge >= 0.3 is 5.91 Å². The lowest BCUT2D eigenvalue weighted by molar-refractivity contribution is 0.0945. The van der Waals surface area contributed by atoms with Crippen molar-refractivity contribution in [2.75, 3.05) is 0 Å². The monoisotopic (exact) mass is 407 g/mol. The van der Waals surface area contributed by atoms with Gasteiger partial charge in [-0.15, -0.1) is 5.10 Å². The maximum atomic E-state index is 12.6. The third kappa shape index (κ3) is 5.00. The molecule has 1 heterocycles. The molecular weight excluding hydrogens is 386 g/mol. The predicted octanol–water partition coefficient (Wildman–Crippen LogP) is 4.75. The average Bonchev–Trinajstić information content (AvgIpc) is 3.27. The van der Waals surface area contributed by atoms with Crippen molar-refractivity contribution >= 4 is 18.2 Å². The fourth-order valence-electron chi connectivity index (χ4n) is 3.02. The normalized spacial score (nSPS) is 11.6. The number of aromatic nitrogens is 3. The molecular formula is C25H21N5O. The zero-order valence-corrected chi connectivity index (χ0v) is 17.0. The van der Waals surface area contributed by atoms with Crippen LogP contribution in [0.5, 0.6) is 0 Å². The fourth-order valence-corrected chi connectivity index (χ4v) is 3.02. The molecule has 31 heavy (non-hydrogen) atoms. The van der Waals surface area contributed by atoms with Crippen molar-refractivity contribution in [1.29, 1.82) is 0 Å². The number of hydrazone groups is 1. The molecule has 0 radical (unpaired) electrons. The zero-order valence-electron chi connectivity index (χ0n) is 17.0. The molecule has 0 fully saturated rings. The molecule has 0 bridgehead atoms. The number of amides is 1. The summed E-state index contributed by atoms with van der Waals surface area (Å²) in [6.45, 7) is 1.92. The van der Waals surface area contributed by atoms with Gasteiger partial charge in [-0.25, -0.2) is 15.1 Å². The third-order valence-electron chi connectivity index (χ3n) is 4.47. The molecule has 0 saturated carbocycles. The number of nitrogens with one attached hydrogen (secondary N) is 1. The number of carbonyl (C=O) groups excluding carboxylic acids is 1. The molecule has 1 N–H and O–H groups in total. The summed E-state index contributed by atoms with van der Waals surface area (Å²) in [7, 11) is 0. The van der Waals surface area contributed by atoms with Crippen LogP contribution in [0.25, 0.3) is 23.2 Å². The van der Waals surface area contributed by atoms with Crippen LogP contribution >= 0.6 is 0 Å². The predicted molar refractivity (Wildman–Crippen MR) is 123 cm³/mol. The van der Waals surface area contributed by atoms with E-state index >= 15 is 0 Å². The Balaban J connectivity index is 1.56. The number of benzene rings is 3. The molecule has 0 aliphatic heterocycles. The van der Waals surface area contributed by atoms with Gasteiger partial charge in [0.25, 0.3) is 0 Å². The summed E-state index contributed by atoms with van der Waals surface area (Å²) in [6.07, 6.45) is 3.57. The van der Waals surface area contributed by atoms with Crippen LogP contribution in [0, 0.1) is 0 Å². The molecule has 3 aromatic carbocycles. The maximum Gasteiger partial charge on any atom is 0.311 e. The molecule has 0 aliphatic carbocycles. The van der Waals surface area contributed by atoms with Gasteiger partial charge in [0.15, 0.2) is 5.82 Å². The van der Waals surface area contributed by atoms with Crippen LogP contribution in [0.4, 0.5) is 0 Å². The number of allylic oxidation sites excluding steroid dienone is 1. The fraction of sp³-hybridized carbons (Fsp3) is 0.0400. The van der Waals surface area contributed by atoms with Crippen molar-refractivity contribution in [3.8, 4) is 17.1 Å². The molecule has 1 amide bonds. The Bertz CT molecular complexity index is 1160. The average molecular weight is 407 g/mol. The highest BCUT2D eigenvalue weighted by Crippen LogP contribution is 2.20. The Morgan fingerprint density at radius 1 is 0.903 bits per heavy atom. The van der Waals surface area contributed by atoms with Gasteiger partial charge in [0.2, 0.25) is 5.82 Å². The molecule has 4 aromatic rings. The summed E-state index contributed by atoms with van der Waals surface area (Å²) < 4.78 is 1.66. The van der Waals surface area contributed by atoms with Crippen molar-refractivity contribution < 1.29 is 4.79 Å². The van der Waals surface area contributed by atoms with Crippen LogP contribution in [0.3, 0.4) is 0 Å². The van der Waals surface area contributed by atoms with Gasteiger partial charge in [0.1, 0.15) is 0 Å². The lowest BCUT2D eigenvalue weighted by Crippen LogP contribution is -2.19. The van der Waals surface area contributed by atoms with E-state index in [0.717, 1.165) is 22.4 Å². The Morgan fingerprint density at radius 3 is 2.19 bits per heavy atom. The maximum absolute atomic E-state index is 12.6. The van der Waals surface area contributed by atoms with E-state index in [0.29, 0.717) is 5.82 Å². The molecule has 4 rings (SSSR count). The minimum absolute atomic E-state index is 0.0459. The van der Waals surface area contributed by atoms with E-state index in [4.69, 9.17) is 0 Å². The molecule has 0 spiro atoms.